The smallest absolute Gasteiger partial charge is 0.176 e. The Kier molecular flexibility index (Phi) is 20.9. The van der Waals surface area contributed by atoms with Crippen LogP contribution < -0.4 is 15.9 Å². The Balaban J connectivity index is 0.000000126. The van der Waals surface area contributed by atoms with Gasteiger partial charge in [0.15, 0.2) is 5.79 Å². The van der Waals surface area contributed by atoms with Crippen molar-refractivity contribution in [1.29, 1.82) is 0 Å². The molecule has 3 aromatic rings. The third-order valence-electron chi connectivity index (χ3n) is 31.1. The second kappa shape index (κ2) is 27.3. The molecule has 9 nitrogen and oxygen atoms in total. The lowest BCUT2D eigenvalue weighted by molar-refractivity contribution is -0.279. The molecular weight excluding hydrogens is 1170 g/mol. The molecule has 1 saturated heterocycles. The lowest BCUT2D eigenvalue weighted by Crippen LogP contribution is -2.62. The predicted molar refractivity (Wildman–Crippen MR) is 382 cm³/mol. The molecule has 1 spiro atoms. The van der Waals surface area contributed by atoms with E-state index in [0.717, 1.165) is 94.3 Å². The average Bonchev–Trinajstić information content (AvgIpc) is 1.63. The lowest BCUT2D eigenvalue weighted by atomic mass is 9.44. The van der Waals surface area contributed by atoms with E-state index in [1.807, 2.05) is 6.92 Å². The zero-order chi connectivity index (χ0) is 64.1. The molecule has 1 aliphatic heterocycles. The maximum absolute atomic E-state index is 12.4. The fraction of sp³-hybridized carbons (Fsp3) is 0.735. The molecule has 9 unspecified atom stereocenters. The van der Waals surface area contributed by atoms with Crippen LogP contribution >= 0.6 is 6.89 Å². The van der Waals surface area contributed by atoms with Gasteiger partial charge in [-0.05, 0) is 272 Å². The Morgan fingerprint density at radius 1 is 0.452 bits per heavy atom. The summed E-state index contributed by atoms with van der Waals surface area (Å²) in [5.74, 6) is 10.9. The van der Waals surface area contributed by atoms with Crippen LogP contribution in [0.15, 0.2) is 103 Å². The maximum Gasteiger partial charge on any atom is 0.176 e. The minimum absolute atomic E-state index is 0. The van der Waals surface area contributed by atoms with Gasteiger partial charge in [0.2, 0.25) is 0 Å². The van der Waals surface area contributed by atoms with E-state index in [2.05, 4.69) is 158 Å². The summed E-state index contributed by atoms with van der Waals surface area (Å²) >= 11 is 0. The Hall–Kier alpha value is -2.95. The van der Waals surface area contributed by atoms with Gasteiger partial charge >= 0.3 is 0 Å². The Morgan fingerprint density at radius 3 is 1.32 bits per heavy atom. The molecule has 13 fully saturated rings. The van der Waals surface area contributed by atoms with Crippen molar-refractivity contribution in [1.82, 2.24) is 0 Å². The monoisotopic (exact) mass is 1300 g/mol. The molecule has 12 aliphatic carbocycles. The average molecular weight is 1300 g/mol. The number of hydrogen-bond donors (Lipinski definition) is 5. The van der Waals surface area contributed by atoms with Gasteiger partial charge in [0.25, 0.3) is 0 Å². The number of aliphatic hydroxyl groups is 5. The van der Waals surface area contributed by atoms with E-state index < -0.39 is 24.2 Å². The fourth-order valence-corrected chi connectivity index (χ4v) is 29.4. The molecule has 12 saturated carbocycles. The molecule has 24 atom stereocenters. The molecule has 516 valence electrons. The first-order valence-corrected chi connectivity index (χ1v) is 39.2. The van der Waals surface area contributed by atoms with E-state index in [4.69, 9.17) is 9.47 Å². The van der Waals surface area contributed by atoms with Crippen molar-refractivity contribution >= 4 is 34.4 Å². The topological polar surface area (TPSA) is 170 Å². The van der Waals surface area contributed by atoms with Crippen LogP contribution in [0.1, 0.15) is 224 Å². The Bertz CT molecular complexity index is 3010. The number of ether oxygens (including phenoxy) is 2. The SMILES string of the molecule is C.C/C=C1\CCC2C3CC[C@@H]4C[C@H](O)CC[C@]4(C)C3C[C@H](O)[C@]12C.CC=P(c1ccccc1)(c1ccccc1)c1ccccc1.C[C@@H]1CC[C@]2(C)C3C[C@H](O)[C@@]4(C)C(CCC45OCCO5)C3CC[C@@H]2C1.C[C@]12CC[C@@H](O)C[C@H]1CCC1C2C[C@H](O)[C@]2(C)C(=O)CCC12.[OH3+]. The quantitative estimate of drug-likeness (QED) is 0.0980. The third kappa shape index (κ3) is 11.4. The second-order valence-corrected chi connectivity index (χ2v) is 37.6. The molecular formula is C83H126O9P+. The first-order chi connectivity index (χ1) is 43.6. The van der Waals surface area contributed by atoms with E-state index >= 15 is 0 Å². The zero-order valence-electron chi connectivity index (χ0n) is 58.1. The summed E-state index contributed by atoms with van der Waals surface area (Å²) in [6.07, 6.45) is 28.2. The van der Waals surface area contributed by atoms with E-state index in [9.17, 15) is 30.3 Å². The van der Waals surface area contributed by atoms with Crippen LogP contribution in [-0.4, -0.2) is 86.6 Å². The van der Waals surface area contributed by atoms with Crippen LogP contribution in [0.25, 0.3) is 0 Å². The Morgan fingerprint density at radius 2 is 0.860 bits per heavy atom. The van der Waals surface area contributed by atoms with Gasteiger partial charge in [0.05, 0.1) is 54.6 Å². The van der Waals surface area contributed by atoms with Gasteiger partial charge in [-0.1, -0.05) is 164 Å². The first-order valence-electron chi connectivity index (χ1n) is 37.3. The molecule has 3 aromatic carbocycles. The summed E-state index contributed by atoms with van der Waals surface area (Å²) in [7, 11) is 0. The van der Waals surface area contributed by atoms with Crippen molar-refractivity contribution in [3.8, 4) is 0 Å². The molecule has 93 heavy (non-hydrogen) atoms. The Labute approximate surface area is 562 Å². The van der Waals surface area contributed by atoms with E-state index in [1.165, 1.54) is 98.5 Å². The number of Topliss-reactive ketones (excluding diaryl/α,β-unsaturated/α-hetero) is 1. The van der Waals surface area contributed by atoms with Crippen LogP contribution in [0.4, 0.5) is 0 Å². The highest BCUT2D eigenvalue weighted by Crippen LogP contribution is 2.72. The fourth-order valence-electron chi connectivity index (χ4n) is 25.7. The van der Waals surface area contributed by atoms with Crippen LogP contribution in [0.5, 0.6) is 0 Å². The van der Waals surface area contributed by atoms with Gasteiger partial charge in [-0.25, -0.2) is 0 Å². The number of carbonyl (C=O) groups excluding carboxylic acids is 1. The van der Waals surface area contributed by atoms with Gasteiger partial charge in [-0.2, -0.15) is 0 Å². The molecule has 16 rings (SSSR count). The summed E-state index contributed by atoms with van der Waals surface area (Å²) in [5.41, 5.74) is 1.92. The standard InChI is InChI=1S/C22H36O3.C21H34O2.C20H19P.C19H30O3.CH4.H2O/c1-14-6-8-20(2)15(12-14)4-5-16-17-7-9-22(24-10-11-25-22)21(17,3)19(23)13-18(16)20;1-4-13-6-8-17-16-7-5-14-11-15(22)9-10-20(14,2)18(16)12-19(23)21(13,17)3;1-2-21(18-12-6-3-7-13-18,19-14-8-4-9-15-19)20-16-10-5-11-17-20;1-18-8-7-12(20)9-11(18)3-4-13-14-5-6-16(21)19(14,2)17(22)10-15(13)18;;/h14-19,23H,4-13H2,1-3H3;4,14-19,22-23H,5-12H2,1-3H3;2-17H,1H3;11-15,17,20,22H,3-10H2,1-2H3;1H4;1H2/p+1/b;13-4+;;;;/t2*14-,15-,16?,17?,18?,19+,20+,21-;;11-,12-,13?,14?,15?,17+,18+,19+;;/m11.1../s1. The first kappa shape index (κ1) is 71.3. The van der Waals surface area contributed by atoms with Crippen molar-refractivity contribution in [3.05, 3.63) is 103 Å². The molecule has 13 aliphatic rings. The molecule has 0 amide bonds. The van der Waals surface area contributed by atoms with Crippen molar-refractivity contribution < 1.29 is 45.3 Å². The van der Waals surface area contributed by atoms with Crippen LogP contribution in [-0.2, 0) is 19.7 Å². The minimum Gasteiger partial charge on any atom is -0.457 e. The van der Waals surface area contributed by atoms with Gasteiger partial charge in [-0.15, -0.1) is 0 Å². The van der Waals surface area contributed by atoms with Crippen molar-refractivity contribution in [2.75, 3.05) is 13.2 Å². The minimum atomic E-state index is -1.66. The summed E-state index contributed by atoms with van der Waals surface area (Å²) in [5, 5.41) is 57.8. The number of benzene rings is 3. The molecule has 1 heterocycles. The molecule has 10 heteroatoms. The third-order valence-corrected chi connectivity index (χ3v) is 35.2. The molecule has 0 bridgehead atoms. The summed E-state index contributed by atoms with van der Waals surface area (Å²) < 4.78 is 12.4. The number of hydrogen-bond acceptors (Lipinski definition) is 8. The predicted octanol–water partition coefficient (Wildman–Crippen LogP) is 15.1. The number of aliphatic hydroxyl groups excluding tert-OH is 5. The highest BCUT2D eigenvalue weighted by molar-refractivity contribution is 7.94. The van der Waals surface area contributed by atoms with Gasteiger partial charge < -0.3 is 40.5 Å². The van der Waals surface area contributed by atoms with E-state index in [1.54, 1.807) is 0 Å². The van der Waals surface area contributed by atoms with E-state index in [0.29, 0.717) is 89.5 Å². The summed E-state index contributed by atoms with van der Waals surface area (Å²) in [6, 6.07) is 32.6. The number of carbonyl (C=O) groups is 1. The number of allylic oxidation sites excluding steroid dienone is 1. The summed E-state index contributed by atoms with van der Waals surface area (Å²) in [6.45, 7) is 20.7. The van der Waals surface area contributed by atoms with E-state index in [-0.39, 0.29) is 53.6 Å². The van der Waals surface area contributed by atoms with Crippen molar-refractivity contribution in [2.24, 2.45) is 109 Å². The highest BCUT2D eigenvalue weighted by atomic mass is 31.2. The van der Waals surface area contributed by atoms with Crippen LogP contribution in [0.3, 0.4) is 0 Å². The molecule has 8 N–H and O–H groups in total. The number of rotatable bonds is 3. The maximum atomic E-state index is 12.4. The van der Waals surface area contributed by atoms with Crippen molar-refractivity contribution in [2.45, 2.75) is 260 Å². The van der Waals surface area contributed by atoms with Crippen LogP contribution in [0, 0.1) is 109 Å². The zero-order valence-corrected chi connectivity index (χ0v) is 59.0. The van der Waals surface area contributed by atoms with Crippen molar-refractivity contribution in [3.63, 3.8) is 0 Å². The molecule has 0 aromatic heterocycles. The van der Waals surface area contributed by atoms with Gasteiger partial charge in [0.1, 0.15) is 5.78 Å². The van der Waals surface area contributed by atoms with Crippen LogP contribution in [0.2, 0.25) is 0 Å². The largest absolute Gasteiger partial charge is 0.457 e. The number of ketones is 1. The lowest BCUT2D eigenvalue weighted by Gasteiger charge is -2.62. The summed E-state index contributed by atoms with van der Waals surface area (Å²) in [4.78, 5) is 12.4. The van der Waals surface area contributed by atoms with Gasteiger partial charge in [-0.3, -0.25) is 4.79 Å². The van der Waals surface area contributed by atoms with Gasteiger partial charge in [0, 0.05) is 18.3 Å². The normalized spacial score (nSPS) is 45.8. The highest BCUT2D eigenvalue weighted by Gasteiger charge is 2.71. The number of fused-ring (bicyclic) bond motifs is 16. The second-order valence-electron chi connectivity index (χ2n) is 34.1. The molecule has 0 radical (unpaired) electrons.